The summed E-state index contributed by atoms with van der Waals surface area (Å²) < 4.78 is 11.0. The van der Waals surface area contributed by atoms with Gasteiger partial charge in [0.2, 0.25) is 5.91 Å². The summed E-state index contributed by atoms with van der Waals surface area (Å²) in [5.41, 5.74) is 0.970. The van der Waals surface area contributed by atoms with Crippen LogP contribution in [0.4, 0.5) is 0 Å². The number of hydrogen-bond acceptors (Lipinski definition) is 5. The van der Waals surface area contributed by atoms with Crippen molar-refractivity contribution in [3.63, 3.8) is 0 Å². The summed E-state index contributed by atoms with van der Waals surface area (Å²) in [6.07, 6.45) is 1.98. The van der Waals surface area contributed by atoms with E-state index in [4.69, 9.17) is 9.47 Å². The van der Waals surface area contributed by atoms with Gasteiger partial charge in [0.25, 0.3) is 5.91 Å². The summed E-state index contributed by atoms with van der Waals surface area (Å²) in [7, 11) is 0. The fourth-order valence-corrected chi connectivity index (χ4v) is 2.91. The van der Waals surface area contributed by atoms with Crippen molar-refractivity contribution in [3.05, 3.63) is 29.8 Å². The summed E-state index contributed by atoms with van der Waals surface area (Å²) in [5.74, 6) is 0.476. The second-order valence-electron chi connectivity index (χ2n) is 6.94. The number of benzene rings is 1. The van der Waals surface area contributed by atoms with Crippen LogP contribution in [0, 0.1) is 0 Å². The van der Waals surface area contributed by atoms with Crippen molar-refractivity contribution in [3.8, 4) is 5.75 Å². The summed E-state index contributed by atoms with van der Waals surface area (Å²) in [4.78, 5) is 24.0. The van der Waals surface area contributed by atoms with Gasteiger partial charge in [0.05, 0.1) is 18.8 Å². The van der Waals surface area contributed by atoms with Gasteiger partial charge in [-0.3, -0.25) is 9.59 Å². The monoisotopic (exact) mass is 361 g/mol. The number of carbonyl (C=O) groups excluding carboxylic acids is 2. The lowest BCUT2D eigenvalue weighted by molar-refractivity contribution is -0.129. The minimum Gasteiger partial charge on any atom is -0.484 e. The molecular weight excluding hydrogens is 334 g/mol. The van der Waals surface area contributed by atoms with E-state index in [9.17, 15) is 9.59 Å². The Morgan fingerprint density at radius 3 is 2.69 bits per heavy atom. The summed E-state index contributed by atoms with van der Waals surface area (Å²) in [5, 5.41) is 9.08. The van der Waals surface area contributed by atoms with Gasteiger partial charge >= 0.3 is 0 Å². The second-order valence-corrected chi connectivity index (χ2v) is 6.94. The molecule has 2 aliphatic rings. The van der Waals surface area contributed by atoms with Crippen molar-refractivity contribution < 1.29 is 19.1 Å². The largest absolute Gasteiger partial charge is 0.484 e. The molecule has 1 aromatic rings. The first kappa shape index (κ1) is 18.7. The lowest BCUT2D eigenvalue weighted by atomic mass is 10.1. The smallest absolute Gasteiger partial charge is 0.258 e. The van der Waals surface area contributed by atoms with Gasteiger partial charge in [0.1, 0.15) is 11.8 Å². The molecule has 1 aromatic carbocycles. The molecule has 1 aliphatic heterocycles. The first-order valence-electron chi connectivity index (χ1n) is 9.20. The van der Waals surface area contributed by atoms with Crippen LogP contribution in [-0.4, -0.2) is 49.8 Å². The number of hydrogen-bond donors (Lipinski definition) is 3. The number of nitrogens with one attached hydrogen (secondary N) is 3. The molecule has 1 aliphatic carbocycles. The Bertz CT molecular complexity index is 630. The molecule has 1 saturated heterocycles. The van der Waals surface area contributed by atoms with Crippen molar-refractivity contribution >= 4 is 11.8 Å². The molecule has 142 valence electrons. The molecule has 0 bridgehead atoms. The third-order valence-electron chi connectivity index (χ3n) is 4.65. The standard InChI is InChI=1S/C19H27N3O4/c1-12(21-19(24)18-13(2)25-10-9-20-18)14-3-7-16(8-4-14)26-11-17(23)22-15-5-6-15/h3-4,7-8,12-13,15,18,20H,5-6,9-11H2,1-2H3,(H,21,24)(H,22,23)/t12?,13-,18+/m1/s1. The predicted octanol–water partition coefficient (Wildman–Crippen LogP) is 0.898. The summed E-state index contributed by atoms with van der Waals surface area (Å²) >= 11 is 0. The molecule has 3 atom stereocenters. The van der Waals surface area contributed by atoms with Crippen molar-refractivity contribution in [2.45, 2.75) is 50.9 Å². The highest BCUT2D eigenvalue weighted by molar-refractivity contribution is 5.83. The minimum absolute atomic E-state index is 0.0212. The number of ether oxygens (including phenoxy) is 2. The second kappa shape index (κ2) is 8.51. The molecule has 0 radical (unpaired) electrons. The van der Waals surface area contributed by atoms with Crippen molar-refractivity contribution in [2.24, 2.45) is 0 Å². The predicted molar refractivity (Wildman–Crippen MR) is 96.9 cm³/mol. The Morgan fingerprint density at radius 1 is 1.31 bits per heavy atom. The number of carbonyl (C=O) groups is 2. The molecule has 26 heavy (non-hydrogen) atoms. The number of morpholine rings is 1. The highest BCUT2D eigenvalue weighted by Crippen LogP contribution is 2.20. The molecule has 0 aromatic heterocycles. The summed E-state index contributed by atoms with van der Waals surface area (Å²) in [6.45, 7) is 5.16. The van der Waals surface area contributed by atoms with E-state index in [1.165, 1.54) is 0 Å². The Morgan fingerprint density at radius 2 is 2.04 bits per heavy atom. The van der Waals surface area contributed by atoms with Crippen LogP contribution in [0.25, 0.3) is 0 Å². The topological polar surface area (TPSA) is 88.7 Å². The molecular formula is C19H27N3O4. The van der Waals surface area contributed by atoms with Crippen LogP contribution in [0.2, 0.25) is 0 Å². The fraction of sp³-hybridized carbons (Fsp3) is 0.579. The van der Waals surface area contributed by atoms with Crippen LogP contribution in [0.5, 0.6) is 5.75 Å². The molecule has 2 amide bonds. The molecule has 0 spiro atoms. The van der Waals surface area contributed by atoms with Gasteiger partial charge in [-0.05, 0) is 44.4 Å². The lowest BCUT2D eigenvalue weighted by Gasteiger charge is -2.30. The zero-order valence-corrected chi connectivity index (χ0v) is 15.3. The highest BCUT2D eigenvalue weighted by Gasteiger charge is 2.29. The van der Waals surface area contributed by atoms with Crippen molar-refractivity contribution in [2.75, 3.05) is 19.8 Å². The third kappa shape index (κ3) is 5.19. The maximum atomic E-state index is 12.4. The van der Waals surface area contributed by atoms with E-state index >= 15 is 0 Å². The minimum atomic E-state index is -0.334. The average molecular weight is 361 g/mol. The van der Waals surface area contributed by atoms with E-state index in [2.05, 4.69) is 16.0 Å². The SMILES string of the molecule is CC(NC(=O)[C@H]1NCCO[C@@H]1C)c1ccc(OCC(=O)NC2CC2)cc1. The van der Waals surface area contributed by atoms with Gasteiger partial charge in [-0.1, -0.05) is 12.1 Å². The number of rotatable bonds is 7. The quantitative estimate of drug-likeness (QED) is 0.671. The molecule has 1 heterocycles. The van der Waals surface area contributed by atoms with Crippen LogP contribution in [0.1, 0.15) is 38.3 Å². The Hall–Kier alpha value is -2.12. The fourth-order valence-electron chi connectivity index (χ4n) is 2.91. The average Bonchev–Trinajstić information content (AvgIpc) is 3.44. The number of amides is 2. The Kier molecular flexibility index (Phi) is 6.11. The highest BCUT2D eigenvalue weighted by atomic mass is 16.5. The molecule has 7 nitrogen and oxygen atoms in total. The van der Waals surface area contributed by atoms with E-state index in [1.54, 1.807) is 0 Å². The summed E-state index contributed by atoms with van der Waals surface area (Å²) in [6, 6.07) is 7.29. The van der Waals surface area contributed by atoms with E-state index < -0.39 is 0 Å². The first-order chi connectivity index (χ1) is 12.5. The Labute approximate surface area is 153 Å². The first-order valence-corrected chi connectivity index (χ1v) is 9.20. The van der Waals surface area contributed by atoms with Crippen molar-refractivity contribution in [1.29, 1.82) is 0 Å². The third-order valence-corrected chi connectivity index (χ3v) is 4.65. The zero-order valence-electron chi connectivity index (χ0n) is 15.3. The maximum Gasteiger partial charge on any atom is 0.258 e. The van der Waals surface area contributed by atoms with E-state index in [-0.39, 0.29) is 36.6 Å². The van der Waals surface area contributed by atoms with E-state index in [1.807, 2.05) is 38.1 Å². The lowest BCUT2D eigenvalue weighted by Crippen LogP contribution is -2.55. The Balaban J connectivity index is 1.47. The van der Waals surface area contributed by atoms with Crippen LogP contribution < -0.4 is 20.7 Å². The van der Waals surface area contributed by atoms with E-state index in [0.29, 0.717) is 24.9 Å². The van der Waals surface area contributed by atoms with Gasteiger partial charge in [-0.25, -0.2) is 0 Å². The molecule has 1 unspecified atom stereocenters. The van der Waals surface area contributed by atoms with E-state index in [0.717, 1.165) is 18.4 Å². The van der Waals surface area contributed by atoms with Gasteiger partial charge in [-0.15, -0.1) is 0 Å². The zero-order chi connectivity index (χ0) is 18.5. The van der Waals surface area contributed by atoms with Gasteiger partial charge in [0, 0.05) is 12.6 Å². The molecule has 2 fully saturated rings. The van der Waals surface area contributed by atoms with Crippen LogP contribution in [0.15, 0.2) is 24.3 Å². The van der Waals surface area contributed by atoms with Crippen LogP contribution in [-0.2, 0) is 14.3 Å². The maximum absolute atomic E-state index is 12.4. The molecule has 3 rings (SSSR count). The van der Waals surface area contributed by atoms with Gasteiger partial charge in [-0.2, -0.15) is 0 Å². The molecule has 3 N–H and O–H groups in total. The van der Waals surface area contributed by atoms with Crippen LogP contribution >= 0.6 is 0 Å². The normalized spacial score (nSPS) is 23.8. The van der Waals surface area contributed by atoms with Crippen molar-refractivity contribution in [1.82, 2.24) is 16.0 Å². The van der Waals surface area contributed by atoms with Crippen LogP contribution in [0.3, 0.4) is 0 Å². The van der Waals surface area contributed by atoms with Gasteiger partial charge < -0.3 is 25.4 Å². The molecule has 1 saturated carbocycles. The molecule has 7 heteroatoms. The van der Waals surface area contributed by atoms with Gasteiger partial charge in [0.15, 0.2) is 6.61 Å².